The summed E-state index contributed by atoms with van der Waals surface area (Å²) < 4.78 is 12.2. The molecule has 0 N–H and O–H groups in total. The smallest absolute Gasteiger partial charge is 0.400 e. The summed E-state index contributed by atoms with van der Waals surface area (Å²) in [7, 11) is -0.410. The van der Waals surface area contributed by atoms with Crippen LogP contribution in [0.25, 0.3) is 6.08 Å². The highest BCUT2D eigenvalue weighted by Crippen LogP contribution is 2.39. The molecule has 3 nitrogen and oxygen atoms in total. The number of hydrogen-bond acceptors (Lipinski definition) is 5. The highest BCUT2D eigenvalue weighted by molar-refractivity contribution is 7.80. The van der Waals surface area contributed by atoms with E-state index in [1.807, 2.05) is 58.0 Å². The van der Waals surface area contributed by atoms with Crippen LogP contribution in [0.3, 0.4) is 0 Å². The number of aliphatic imine (C=N–C) groups is 1. The van der Waals surface area contributed by atoms with E-state index < -0.39 is 7.12 Å². The summed E-state index contributed by atoms with van der Waals surface area (Å²) in [6.45, 7) is 8.14. The number of thiol groups is 1. The molecule has 1 aromatic rings. The van der Waals surface area contributed by atoms with Crippen LogP contribution in [-0.4, -0.2) is 29.2 Å². The first-order chi connectivity index (χ1) is 10.3. The van der Waals surface area contributed by atoms with Crippen LogP contribution < -0.4 is 0 Å². The van der Waals surface area contributed by atoms with Gasteiger partial charge in [-0.05, 0) is 51.5 Å². The topological polar surface area (TPSA) is 30.8 Å². The van der Waals surface area contributed by atoms with Crippen LogP contribution >= 0.6 is 24.8 Å². The van der Waals surface area contributed by atoms with E-state index in [1.165, 1.54) is 0 Å². The van der Waals surface area contributed by atoms with Crippen LogP contribution in [0.4, 0.5) is 5.69 Å². The molecule has 2 rings (SSSR count). The highest BCUT2D eigenvalue weighted by atomic mass is 32.1. The van der Waals surface area contributed by atoms with Crippen molar-refractivity contribution in [3.05, 3.63) is 35.3 Å². The standard InChI is InChI=1S/C16H20BNO2S2/c1-15(2)16(3,4)20-17(19-15)13(10-21)9-12-7-5-6-8-14(12)18-11-22/h5-9,21H,10H2,1-4H3. The van der Waals surface area contributed by atoms with Crippen LogP contribution in [-0.2, 0) is 9.31 Å². The lowest BCUT2D eigenvalue weighted by molar-refractivity contribution is 0.00578. The fourth-order valence-electron chi connectivity index (χ4n) is 2.14. The third-order valence-electron chi connectivity index (χ3n) is 4.18. The SMILES string of the molecule is CC1(C)OB(C(=Cc2ccccc2N=C=S)CS)OC1(C)C. The lowest BCUT2D eigenvalue weighted by atomic mass is 9.78. The molecular formula is C16H20BNO2S2. The van der Waals surface area contributed by atoms with Gasteiger partial charge in [-0.3, -0.25) is 0 Å². The number of nitrogens with zero attached hydrogens (tertiary/aromatic N) is 1. The number of hydrogen-bond donors (Lipinski definition) is 1. The summed E-state index contributed by atoms with van der Waals surface area (Å²) in [4.78, 5) is 4.09. The number of isothiocyanates is 1. The predicted molar refractivity (Wildman–Crippen MR) is 99.0 cm³/mol. The Morgan fingerprint density at radius 3 is 2.41 bits per heavy atom. The van der Waals surface area contributed by atoms with Gasteiger partial charge in [-0.1, -0.05) is 24.3 Å². The Hall–Kier alpha value is -0.905. The second kappa shape index (κ2) is 6.69. The second-order valence-electron chi connectivity index (χ2n) is 6.23. The monoisotopic (exact) mass is 333 g/mol. The minimum absolute atomic E-state index is 0.369. The molecule has 0 unspecified atom stereocenters. The Kier molecular flexibility index (Phi) is 5.31. The summed E-state index contributed by atoms with van der Waals surface area (Å²) in [6.07, 6.45) is 2.00. The Bertz CT molecular complexity index is 621. The molecule has 1 aliphatic heterocycles. The Morgan fingerprint density at radius 1 is 1.27 bits per heavy atom. The zero-order valence-electron chi connectivity index (χ0n) is 13.3. The van der Waals surface area contributed by atoms with E-state index in [0.29, 0.717) is 5.75 Å². The van der Waals surface area contributed by atoms with Gasteiger partial charge in [0.15, 0.2) is 0 Å². The first-order valence-corrected chi connectivity index (χ1v) is 8.18. The van der Waals surface area contributed by atoms with Gasteiger partial charge in [0.1, 0.15) is 0 Å². The van der Waals surface area contributed by atoms with E-state index in [0.717, 1.165) is 16.7 Å². The fraction of sp³-hybridized carbons (Fsp3) is 0.438. The normalized spacial score (nSPS) is 19.9. The summed E-state index contributed by atoms with van der Waals surface area (Å²) in [5, 5.41) is 2.41. The fourth-order valence-corrected chi connectivity index (χ4v) is 2.48. The van der Waals surface area contributed by atoms with Crippen molar-refractivity contribution >= 4 is 48.9 Å². The molecule has 1 saturated heterocycles. The van der Waals surface area contributed by atoms with E-state index in [-0.39, 0.29) is 11.2 Å². The lowest BCUT2D eigenvalue weighted by Crippen LogP contribution is -2.41. The summed E-state index contributed by atoms with van der Waals surface area (Å²) in [6, 6.07) is 7.73. The van der Waals surface area contributed by atoms with Gasteiger partial charge in [-0.25, -0.2) is 0 Å². The zero-order valence-corrected chi connectivity index (χ0v) is 15.0. The molecular weight excluding hydrogens is 313 g/mol. The van der Waals surface area contributed by atoms with Gasteiger partial charge < -0.3 is 9.31 Å². The average molecular weight is 333 g/mol. The van der Waals surface area contributed by atoms with Crippen molar-refractivity contribution in [2.24, 2.45) is 4.99 Å². The van der Waals surface area contributed by atoms with Gasteiger partial charge in [0.2, 0.25) is 0 Å². The Balaban J connectivity index is 2.36. The van der Waals surface area contributed by atoms with Gasteiger partial charge in [-0.2, -0.15) is 17.6 Å². The van der Waals surface area contributed by atoms with E-state index >= 15 is 0 Å². The number of para-hydroxylation sites is 1. The van der Waals surface area contributed by atoms with Gasteiger partial charge in [0, 0.05) is 11.3 Å². The largest absolute Gasteiger partial charge is 0.491 e. The van der Waals surface area contributed by atoms with Crippen LogP contribution in [0.15, 0.2) is 34.7 Å². The lowest BCUT2D eigenvalue weighted by Gasteiger charge is -2.32. The van der Waals surface area contributed by atoms with Crippen molar-refractivity contribution in [3.63, 3.8) is 0 Å². The highest BCUT2D eigenvalue weighted by Gasteiger charge is 2.52. The predicted octanol–water partition coefficient (Wildman–Crippen LogP) is 4.37. The molecule has 1 fully saturated rings. The molecule has 0 aromatic heterocycles. The summed E-state index contributed by atoms with van der Waals surface area (Å²) >= 11 is 9.13. The van der Waals surface area contributed by atoms with Gasteiger partial charge in [0.25, 0.3) is 0 Å². The molecule has 0 spiro atoms. The van der Waals surface area contributed by atoms with Crippen LogP contribution in [0.5, 0.6) is 0 Å². The zero-order chi connectivity index (χ0) is 16.4. The van der Waals surface area contributed by atoms with Crippen LogP contribution in [0.1, 0.15) is 33.3 Å². The van der Waals surface area contributed by atoms with Crippen molar-refractivity contribution in [3.8, 4) is 0 Å². The summed E-state index contributed by atoms with van der Waals surface area (Å²) in [5.74, 6) is 0.534. The Labute approximate surface area is 143 Å². The van der Waals surface area contributed by atoms with Crippen molar-refractivity contribution in [2.75, 3.05) is 5.75 Å². The van der Waals surface area contributed by atoms with Crippen molar-refractivity contribution in [1.29, 1.82) is 0 Å². The molecule has 22 heavy (non-hydrogen) atoms. The number of benzene rings is 1. The van der Waals surface area contributed by atoms with Crippen LogP contribution in [0, 0.1) is 0 Å². The first-order valence-electron chi connectivity index (χ1n) is 7.14. The maximum Gasteiger partial charge on any atom is 0.491 e. The van der Waals surface area contributed by atoms with Gasteiger partial charge >= 0.3 is 7.12 Å². The van der Waals surface area contributed by atoms with Gasteiger partial charge in [0.05, 0.1) is 22.1 Å². The van der Waals surface area contributed by atoms with E-state index in [2.05, 4.69) is 22.8 Å². The van der Waals surface area contributed by atoms with Gasteiger partial charge in [-0.15, -0.1) is 0 Å². The van der Waals surface area contributed by atoms with Crippen molar-refractivity contribution in [2.45, 2.75) is 38.9 Å². The molecule has 1 aliphatic rings. The molecule has 0 bridgehead atoms. The third-order valence-corrected chi connectivity index (χ3v) is 4.64. The molecule has 1 aromatic carbocycles. The number of thiocarbonyl (C=S) groups is 1. The van der Waals surface area contributed by atoms with E-state index in [9.17, 15) is 0 Å². The molecule has 0 amide bonds. The molecule has 1 heterocycles. The molecule has 0 radical (unpaired) electrons. The third kappa shape index (κ3) is 3.53. The molecule has 116 valence electrons. The Morgan fingerprint density at radius 2 is 1.86 bits per heavy atom. The molecule has 0 aliphatic carbocycles. The maximum atomic E-state index is 6.08. The van der Waals surface area contributed by atoms with E-state index in [4.69, 9.17) is 21.5 Å². The summed E-state index contributed by atoms with van der Waals surface area (Å²) in [5.41, 5.74) is 1.93. The quantitative estimate of drug-likeness (QED) is 0.384. The minimum atomic E-state index is -0.410. The molecule has 6 heteroatoms. The minimum Gasteiger partial charge on any atom is -0.400 e. The molecule has 0 saturated carbocycles. The van der Waals surface area contributed by atoms with E-state index in [1.54, 1.807) is 0 Å². The van der Waals surface area contributed by atoms with Crippen molar-refractivity contribution < 1.29 is 9.31 Å². The van der Waals surface area contributed by atoms with Crippen LogP contribution in [0.2, 0.25) is 0 Å². The number of rotatable bonds is 4. The molecule has 0 atom stereocenters. The average Bonchev–Trinajstić information content (AvgIpc) is 2.66. The van der Waals surface area contributed by atoms with Crippen molar-refractivity contribution in [1.82, 2.24) is 0 Å². The first kappa shape index (κ1) is 17.4. The second-order valence-corrected chi connectivity index (χ2v) is 6.73. The maximum absolute atomic E-state index is 6.08.